The molecule has 0 bridgehead atoms. The van der Waals surface area contributed by atoms with Crippen LogP contribution in [0.3, 0.4) is 0 Å². The fourth-order valence-electron chi connectivity index (χ4n) is 3.78. The highest BCUT2D eigenvalue weighted by molar-refractivity contribution is 6.09. The van der Waals surface area contributed by atoms with E-state index in [4.69, 9.17) is 0 Å². The molecule has 0 fully saturated rings. The van der Waals surface area contributed by atoms with Crippen LogP contribution in [0.25, 0.3) is 11.1 Å². The fraction of sp³-hybridized carbons (Fsp3) is 0.167. The summed E-state index contributed by atoms with van der Waals surface area (Å²) in [6.07, 6.45) is -3.71. The van der Waals surface area contributed by atoms with Crippen LogP contribution in [0.15, 0.2) is 66.7 Å². The highest BCUT2D eigenvalue weighted by Gasteiger charge is 2.30. The fourth-order valence-corrected chi connectivity index (χ4v) is 3.78. The van der Waals surface area contributed by atoms with Crippen molar-refractivity contribution in [1.29, 1.82) is 0 Å². The molecule has 0 aromatic heterocycles. The minimum Gasteiger partial charge on any atom is -0.322 e. The smallest absolute Gasteiger partial charge is 0.322 e. The van der Waals surface area contributed by atoms with Gasteiger partial charge in [-0.15, -0.1) is 0 Å². The van der Waals surface area contributed by atoms with Crippen LogP contribution in [0, 0.1) is 0 Å². The van der Waals surface area contributed by atoms with Crippen LogP contribution in [0.4, 0.5) is 24.5 Å². The van der Waals surface area contributed by atoms with E-state index in [1.165, 1.54) is 19.1 Å². The number of amides is 2. The van der Waals surface area contributed by atoms with Crippen molar-refractivity contribution in [2.75, 3.05) is 16.8 Å². The van der Waals surface area contributed by atoms with Gasteiger partial charge in [0, 0.05) is 30.4 Å². The third-order valence-corrected chi connectivity index (χ3v) is 5.31. The third-order valence-electron chi connectivity index (χ3n) is 5.31. The van der Waals surface area contributed by atoms with E-state index in [1.807, 2.05) is 6.07 Å². The van der Waals surface area contributed by atoms with Crippen molar-refractivity contribution in [3.8, 4) is 11.1 Å². The first-order chi connectivity index (χ1) is 14.7. The second kappa shape index (κ2) is 7.91. The van der Waals surface area contributed by atoms with Gasteiger partial charge < -0.3 is 10.2 Å². The maximum absolute atomic E-state index is 13.0. The van der Waals surface area contributed by atoms with Gasteiger partial charge in [0.15, 0.2) is 0 Å². The Hall–Kier alpha value is -3.61. The van der Waals surface area contributed by atoms with E-state index in [0.717, 1.165) is 23.4 Å². The van der Waals surface area contributed by atoms with Gasteiger partial charge in [0.2, 0.25) is 5.91 Å². The number of fused-ring (bicyclic) bond motifs is 1. The summed E-state index contributed by atoms with van der Waals surface area (Å²) in [5, 5.41) is 2.86. The molecule has 1 N–H and O–H groups in total. The summed E-state index contributed by atoms with van der Waals surface area (Å²) in [5.41, 5.74) is 3.09. The van der Waals surface area contributed by atoms with E-state index in [9.17, 15) is 22.8 Å². The largest absolute Gasteiger partial charge is 0.416 e. The summed E-state index contributed by atoms with van der Waals surface area (Å²) in [6.45, 7) is 2.13. The molecule has 1 aliphatic rings. The summed E-state index contributed by atoms with van der Waals surface area (Å²) in [5.74, 6) is -0.391. The summed E-state index contributed by atoms with van der Waals surface area (Å²) >= 11 is 0. The van der Waals surface area contributed by atoms with E-state index < -0.39 is 11.7 Å². The predicted octanol–water partition coefficient (Wildman–Crippen LogP) is 5.53. The van der Waals surface area contributed by atoms with Crippen LogP contribution < -0.4 is 10.2 Å². The number of carbonyl (C=O) groups is 2. The number of nitrogens with zero attached hydrogens (tertiary/aromatic N) is 1. The van der Waals surface area contributed by atoms with Crippen LogP contribution in [0.1, 0.15) is 28.4 Å². The lowest BCUT2D eigenvalue weighted by atomic mass is 9.98. The maximum atomic E-state index is 13.0. The summed E-state index contributed by atoms with van der Waals surface area (Å²) in [7, 11) is 0. The molecule has 4 rings (SSSR count). The van der Waals surface area contributed by atoms with Gasteiger partial charge in [-0.25, -0.2) is 0 Å². The molecular formula is C24H19F3N2O2. The van der Waals surface area contributed by atoms with Crippen LogP contribution in [0.5, 0.6) is 0 Å². The Morgan fingerprint density at radius 2 is 1.68 bits per heavy atom. The SMILES string of the molecule is CC(=O)N1CCc2cc(NC(=O)c3ccccc3-c3ccc(C(F)(F)F)cc3)ccc21. The van der Waals surface area contributed by atoms with Crippen LogP contribution in [-0.2, 0) is 17.4 Å². The van der Waals surface area contributed by atoms with Gasteiger partial charge in [0.1, 0.15) is 0 Å². The van der Waals surface area contributed by atoms with Crippen LogP contribution >= 0.6 is 0 Å². The zero-order valence-corrected chi connectivity index (χ0v) is 16.7. The van der Waals surface area contributed by atoms with E-state index in [2.05, 4.69) is 5.32 Å². The number of nitrogens with one attached hydrogen (secondary N) is 1. The Balaban J connectivity index is 1.59. The first kappa shape index (κ1) is 20.7. The van der Waals surface area contributed by atoms with Crippen LogP contribution in [0.2, 0.25) is 0 Å². The molecule has 31 heavy (non-hydrogen) atoms. The van der Waals surface area contributed by atoms with Gasteiger partial charge >= 0.3 is 6.18 Å². The predicted molar refractivity (Wildman–Crippen MR) is 113 cm³/mol. The second-order valence-corrected chi connectivity index (χ2v) is 7.34. The van der Waals surface area contributed by atoms with Crippen molar-refractivity contribution < 1.29 is 22.8 Å². The van der Waals surface area contributed by atoms with Crippen molar-refractivity contribution in [1.82, 2.24) is 0 Å². The lowest BCUT2D eigenvalue weighted by Crippen LogP contribution is -2.25. The molecule has 0 radical (unpaired) electrons. The lowest BCUT2D eigenvalue weighted by molar-refractivity contribution is -0.137. The Labute approximate surface area is 177 Å². The Bertz CT molecular complexity index is 1150. The molecule has 0 spiro atoms. The molecule has 0 aliphatic carbocycles. The van der Waals surface area contributed by atoms with Crippen LogP contribution in [-0.4, -0.2) is 18.4 Å². The van der Waals surface area contributed by atoms with Gasteiger partial charge in [-0.2, -0.15) is 13.2 Å². The highest BCUT2D eigenvalue weighted by Crippen LogP contribution is 2.33. The minimum absolute atomic E-state index is 0.0268. The Kier molecular flexibility index (Phi) is 5.27. The summed E-state index contributed by atoms with van der Waals surface area (Å²) < 4.78 is 38.5. The maximum Gasteiger partial charge on any atom is 0.416 e. The van der Waals surface area contributed by atoms with E-state index in [1.54, 1.807) is 41.3 Å². The molecule has 0 unspecified atom stereocenters. The number of carbonyl (C=O) groups excluding carboxylic acids is 2. The summed E-state index contributed by atoms with van der Waals surface area (Å²) in [4.78, 5) is 26.3. The first-order valence-corrected chi connectivity index (χ1v) is 9.73. The van der Waals surface area contributed by atoms with Gasteiger partial charge in [-0.3, -0.25) is 9.59 Å². The molecule has 158 valence electrons. The average Bonchev–Trinajstić information content (AvgIpc) is 3.17. The van der Waals surface area contributed by atoms with Crippen molar-refractivity contribution in [2.45, 2.75) is 19.5 Å². The monoisotopic (exact) mass is 424 g/mol. The highest BCUT2D eigenvalue weighted by atomic mass is 19.4. The van der Waals surface area contributed by atoms with Gasteiger partial charge in [-0.05, 0) is 59.5 Å². The molecule has 1 heterocycles. The van der Waals surface area contributed by atoms with Gasteiger partial charge in [0.05, 0.1) is 5.56 Å². The number of hydrogen-bond donors (Lipinski definition) is 1. The lowest BCUT2D eigenvalue weighted by Gasteiger charge is -2.15. The van der Waals surface area contributed by atoms with E-state index in [0.29, 0.717) is 35.3 Å². The molecular weight excluding hydrogens is 405 g/mol. The molecule has 0 saturated carbocycles. The van der Waals surface area contributed by atoms with E-state index in [-0.39, 0.29) is 11.8 Å². The number of rotatable bonds is 3. The molecule has 0 atom stereocenters. The van der Waals surface area contributed by atoms with Crippen molar-refractivity contribution >= 4 is 23.2 Å². The molecule has 3 aromatic carbocycles. The molecule has 0 saturated heterocycles. The molecule has 2 amide bonds. The normalized spacial score (nSPS) is 13.1. The Morgan fingerprint density at radius 1 is 0.968 bits per heavy atom. The third kappa shape index (κ3) is 4.17. The molecule has 4 nitrogen and oxygen atoms in total. The molecule has 7 heteroatoms. The Morgan fingerprint density at radius 3 is 2.35 bits per heavy atom. The average molecular weight is 424 g/mol. The van der Waals surface area contributed by atoms with Gasteiger partial charge in [0.25, 0.3) is 5.91 Å². The minimum atomic E-state index is -4.42. The number of alkyl halides is 3. The number of benzene rings is 3. The summed E-state index contributed by atoms with van der Waals surface area (Å²) in [6, 6.07) is 16.9. The quantitative estimate of drug-likeness (QED) is 0.601. The van der Waals surface area contributed by atoms with Crippen molar-refractivity contribution in [2.24, 2.45) is 0 Å². The second-order valence-electron chi connectivity index (χ2n) is 7.34. The first-order valence-electron chi connectivity index (χ1n) is 9.73. The van der Waals surface area contributed by atoms with Crippen molar-refractivity contribution in [3.05, 3.63) is 83.4 Å². The van der Waals surface area contributed by atoms with Crippen molar-refractivity contribution in [3.63, 3.8) is 0 Å². The number of anilines is 2. The zero-order chi connectivity index (χ0) is 22.2. The standard InChI is InChI=1S/C24H19F3N2O2/c1-15(30)29-13-12-17-14-19(10-11-22(17)29)28-23(31)21-5-3-2-4-20(21)16-6-8-18(9-7-16)24(25,26)27/h2-11,14H,12-13H2,1H3,(H,28,31). The molecule has 1 aliphatic heterocycles. The zero-order valence-electron chi connectivity index (χ0n) is 16.7. The number of halogens is 3. The van der Waals surface area contributed by atoms with E-state index >= 15 is 0 Å². The number of hydrogen-bond acceptors (Lipinski definition) is 2. The topological polar surface area (TPSA) is 49.4 Å². The molecule has 3 aromatic rings. The van der Waals surface area contributed by atoms with Gasteiger partial charge in [-0.1, -0.05) is 30.3 Å².